The van der Waals surface area contributed by atoms with Crippen molar-refractivity contribution in [3.63, 3.8) is 0 Å². The maximum absolute atomic E-state index is 14.3. The minimum Gasteiger partial charge on any atom is -0.369 e. The monoisotopic (exact) mass is 264 g/mol. The van der Waals surface area contributed by atoms with E-state index in [0.29, 0.717) is 11.7 Å². The molecular formula is C16H25FN2. The van der Waals surface area contributed by atoms with Crippen molar-refractivity contribution in [1.82, 2.24) is 5.32 Å². The smallest absolute Gasteiger partial charge is 0.146 e. The molecule has 1 aliphatic rings. The molecule has 0 radical (unpaired) electrons. The lowest BCUT2D eigenvalue weighted by Gasteiger charge is -2.28. The Balaban J connectivity index is 2.14. The van der Waals surface area contributed by atoms with Gasteiger partial charge in [0.15, 0.2) is 0 Å². The predicted molar refractivity (Wildman–Crippen MR) is 79.1 cm³/mol. The third kappa shape index (κ3) is 3.27. The maximum atomic E-state index is 14.3. The molecule has 2 unspecified atom stereocenters. The molecule has 0 saturated heterocycles. The molecule has 0 amide bonds. The summed E-state index contributed by atoms with van der Waals surface area (Å²) in [6.07, 6.45) is 2.56. The second kappa shape index (κ2) is 5.91. The van der Waals surface area contributed by atoms with Crippen molar-refractivity contribution < 1.29 is 4.39 Å². The zero-order chi connectivity index (χ0) is 14.0. The molecule has 0 bridgehead atoms. The molecular weight excluding hydrogens is 239 g/mol. The lowest BCUT2D eigenvalue weighted by Crippen LogP contribution is -2.31. The summed E-state index contributed by atoms with van der Waals surface area (Å²) in [5.74, 6) is 0.627. The molecule has 0 aliphatic heterocycles. The van der Waals surface area contributed by atoms with Crippen molar-refractivity contribution in [1.29, 1.82) is 0 Å². The van der Waals surface area contributed by atoms with E-state index in [9.17, 15) is 4.39 Å². The number of rotatable bonds is 6. The number of hydrogen-bond acceptors (Lipinski definition) is 2. The molecule has 0 aromatic heterocycles. The van der Waals surface area contributed by atoms with E-state index in [4.69, 9.17) is 0 Å². The fourth-order valence-corrected chi connectivity index (χ4v) is 2.62. The van der Waals surface area contributed by atoms with Crippen LogP contribution in [0.5, 0.6) is 0 Å². The first-order chi connectivity index (χ1) is 9.04. The lowest BCUT2D eigenvalue weighted by molar-refractivity contribution is 0.565. The van der Waals surface area contributed by atoms with Crippen LogP contribution in [-0.4, -0.2) is 19.6 Å². The van der Waals surface area contributed by atoms with Crippen LogP contribution in [0, 0.1) is 11.7 Å². The Labute approximate surface area is 116 Å². The van der Waals surface area contributed by atoms with Crippen LogP contribution in [0.25, 0.3) is 0 Å². The van der Waals surface area contributed by atoms with Crippen LogP contribution < -0.4 is 10.2 Å². The van der Waals surface area contributed by atoms with Gasteiger partial charge in [-0.3, -0.25) is 0 Å². The molecule has 1 aliphatic carbocycles. The highest BCUT2D eigenvalue weighted by Crippen LogP contribution is 2.37. The van der Waals surface area contributed by atoms with Gasteiger partial charge < -0.3 is 10.2 Å². The van der Waals surface area contributed by atoms with E-state index in [-0.39, 0.29) is 11.9 Å². The summed E-state index contributed by atoms with van der Waals surface area (Å²) in [5.41, 5.74) is 1.72. The number of benzene rings is 1. The van der Waals surface area contributed by atoms with Gasteiger partial charge in [-0.05, 0) is 56.8 Å². The van der Waals surface area contributed by atoms with Crippen molar-refractivity contribution in [2.75, 3.05) is 18.5 Å². The second-order valence-corrected chi connectivity index (χ2v) is 5.68. The molecule has 1 aromatic rings. The summed E-state index contributed by atoms with van der Waals surface area (Å²) >= 11 is 0. The first-order valence-electron chi connectivity index (χ1n) is 7.30. The third-order valence-electron chi connectivity index (χ3n) is 4.28. The van der Waals surface area contributed by atoms with Crippen molar-refractivity contribution >= 4 is 5.69 Å². The van der Waals surface area contributed by atoms with E-state index in [2.05, 4.69) is 31.0 Å². The molecule has 1 aromatic carbocycles. The summed E-state index contributed by atoms with van der Waals surface area (Å²) in [7, 11) is 1.99. The highest BCUT2D eigenvalue weighted by Gasteiger charge is 2.31. The van der Waals surface area contributed by atoms with E-state index in [0.717, 1.165) is 18.0 Å². The highest BCUT2D eigenvalue weighted by molar-refractivity contribution is 5.50. The summed E-state index contributed by atoms with van der Waals surface area (Å²) < 4.78 is 14.3. The number of hydrogen-bond donors (Lipinski definition) is 1. The Hall–Kier alpha value is -1.09. The molecule has 2 rings (SSSR count). The van der Waals surface area contributed by atoms with Gasteiger partial charge in [0.05, 0.1) is 5.69 Å². The van der Waals surface area contributed by atoms with Crippen LogP contribution in [0.15, 0.2) is 18.2 Å². The van der Waals surface area contributed by atoms with E-state index in [1.165, 1.54) is 12.8 Å². The summed E-state index contributed by atoms with van der Waals surface area (Å²) in [6.45, 7) is 7.20. The Morgan fingerprint density at radius 2 is 2.05 bits per heavy atom. The minimum atomic E-state index is -0.114. The van der Waals surface area contributed by atoms with Gasteiger partial charge in [-0.15, -0.1) is 0 Å². The average molecular weight is 264 g/mol. The van der Waals surface area contributed by atoms with Gasteiger partial charge in [-0.2, -0.15) is 0 Å². The normalized spacial score (nSPS) is 18.2. The van der Waals surface area contributed by atoms with Crippen molar-refractivity contribution in [2.45, 2.75) is 45.7 Å². The fraction of sp³-hybridized carbons (Fsp3) is 0.625. The minimum absolute atomic E-state index is 0.114. The highest BCUT2D eigenvalue weighted by atomic mass is 19.1. The Kier molecular flexibility index (Phi) is 4.46. The van der Waals surface area contributed by atoms with Gasteiger partial charge in [-0.25, -0.2) is 4.39 Å². The summed E-state index contributed by atoms with van der Waals surface area (Å²) in [4.78, 5) is 2.08. The molecule has 0 heterocycles. The van der Waals surface area contributed by atoms with Crippen LogP contribution in [0.3, 0.4) is 0 Å². The Bertz CT molecular complexity index is 429. The molecule has 106 valence electrons. The molecule has 0 spiro atoms. The number of nitrogens with one attached hydrogen (secondary N) is 1. The number of nitrogens with zero attached hydrogens (tertiary/aromatic N) is 1. The van der Waals surface area contributed by atoms with Crippen molar-refractivity contribution in [2.24, 2.45) is 5.92 Å². The van der Waals surface area contributed by atoms with Gasteiger partial charge in [0.1, 0.15) is 5.82 Å². The first-order valence-corrected chi connectivity index (χ1v) is 7.30. The van der Waals surface area contributed by atoms with E-state index < -0.39 is 0 Å². The standard InChI is InChI=1S/C16H25FN2/c1-5-18-11(2)14-8-9-16(15(17)10-14)19(4)12(3)13-6-7-13/h8-13,18H,5-7H2,1-4H3. The Morgan fingerprint density at radius 3 is 2.58 bits per heavy atom. The third-order valence-corrected chi connectivity index (χ3v) is 4.28. The average Bonchev–Trinajstić information content (AvgIpc) is 3.21. The quantitative estimate of drug-likeness (QED) is 0.842. The topological polar surface area (TPSA) is 15.3 Å². The van der Waals surface area contributed by atoms with Gasteiger partial charge in [0, 0.05) is 19.1 Å². The zero-order valence-electron chi connectivity index (χ0n) is 12.4. The fourth-order valence-electron chi connectivity index (χ4n) is 2.62. The molecule has 19 heavy (non-hydrogen) atoms. The molecule has 2 atom stereocenters. The summed E-state index contributed by atoms with van der Waals surface area (Å²) in [6, 6.07) is 6.23. The van der Waals surface area contributed by atoms with Crippen molar-refractivity contribution in [3.8, 4) is 0 Å². The van der Waals surface area contributed by atoms with Crippen LogP contribution in [0.2, 0.25) is 0 Å². The van der Waals surface area contributed by atoms with Gasteiger partial charge in [-0.1, -0.05) is 13.0 Å². The summed E-state index contributed by atoms with van der Waals surface area (Å²) in [5, 5.41) is 3.31. The van der Waals surface area contributed by atoms with Crippen LogP contribution in [0.4, 0.5) is 10.1 Å². The van der Waals surface area contributed by atoms with E-state index in [1.807, 2.05) is 19.2 Å². The van der Waals surface area contributed by atoms with Crippen molar-refractivity contribution in [3.05, 3.63) is 29.6 Å². The number of anilines is 1. The van der Waals surface area contributed by atoms with E-state index in [1.54, 1.807) is 6.07 Å². The molecule has 2 nitrogen and oxygen atoms in total. The van der Waals surface area contributed by atoms with E-state index >= 15 is 0 Å². The van der Waals surface area contributed by atoms with Gasteiger partial charge >= 0.3 is 0 Å². The molecule has 1 N–H and O–H groups in total. The number of halogens is 1. The predicted octanol–water partition coefficient (Wildman–Crippen LogP) is 3.73. The maximum Gasteiger partial charge on any atom is 0.146 e. The van der Waals surface area contributed by atoms with Crippen LogP contribution >= 0.6 is 0 Å². The Morgan fingerprint density at radius 1 is 1.37 bits per heavy atom. The van der Waals surface area contributed by atoms with Crippen LogP contribution in [0.1, 0.15) is 45.2 Å². The van der Waals surface area contributed by atoms with Crippen LogP contribution in [-0.2, 0) is 0 Å². The second-order valence-electron chi connectivity index (χ2n) is 5.68. The molecule has 1 fully saturated rings. The molecule has 1 saturated carbocycles. The SMILES string of the molecule is CCNC(C)c1ccc(N(C)C(C)C2CC2)c(F)c1. The largest absolute Gasteiger partial charge is 0.369 e. The first kappa shape index (κ1) is 14.3. The lowest BCUT2D eigenvalue weighted by atomic mass is 10.1. The zero-order valence-corrected chi connectivity index (χ0v) is 12.4. The van der Waals surface area contributed by atoms with Gasteiger partial charge in [0.25, 0.3) is 0 Å². The van der Waals surface area contributed by atoms with Gasteiger partial charge in [0.2, 0.25) is 0 Å². The molecule has 3 heteroatoms.